The van der Waals surface area contributed by atoms with Crippen LogP contribution in [-0.2, 0) is 44.3 Å². The van der Waals surface area contributed by atoms with Crippen LogP contribution in [-0.4, -0.2) is 169 Å². The summed E-state index contributed by atoms with van der Waals surface area (Å²) < 4.78 is 117. The molecule has 10 rings (SSSR count). The van der Waals surface area contributed by atoms with E-state index in [1.165, 1.54) is 60.9 Å². The maximum Gasteiger partial charge on any atom is 0.281 e. The van der Waals surface area contributed by atoms with Crippen LogP contribution >= 0.6 is 0 Å². The van der Waals surface area contributed by atoms with Gasteiger partial charge in [-0.3, -0.25) is 14.4 Å². The SMILES string of the molecule is CCOCCOCCOc1ccc(C(=O)NS(=O)(=O)c2cccnc2N)c(N2C[C@@H](C)CC2(C)C)n1.CCOCCOc1ccc(C(=O)NS(=O)(=O)c2cccnc2N)c(N2C[C@@H](C)CC2(C)C)n1.Cc1cc(C)cc(-c2ccc(C(=O)NS(=O)(=O)c3cccc(OCCC(C)C)n3)c(N3C[C@@H](C)CC3(C)C)n2)c1. The third-order valence-electron chi connectivity index (χ3n) is 18.3. The monoisotopic (exact) mass is 1560 g/mol. The highest BCUT2D eigenvalue weighted by Crippen LogP contribution is 2.42. The summed E-state index contributed by atoms with van der Waals surface area (Å²) in [4.78, 5) is 71.4. The molecule has 592 valence electrons. The van der Waals surface area contributed by atoms with Crippen molar-refractivity contribution in [2.45, 2.75) is 161 Å². The smallest absolute Gasteiger partial charge is 0.281 e. The fourth-order valence-electron chi connectivity index (χ4n) is 13.7. The highest BCUT2D eigenvalue weighted by Gasteiger charge is 2.43. The molecule has 9 heterocycles. The minimum atomic E-state index is -4.26. The topological polar surface area (TPSA) is 384 Å². The Morgan fingerprint density at radius 1 is 0.486 bits per heavy atom. The first-order chi connectivity index (χ1) is 51.3. The molecule has 3 amide bonds. The number of nitrogens with one attached hydrogen (secondary N) is 3. The van der Waals surface area contributed by atoms with Crippen LogP contribution in [0.2, 0.25) is 0 Å². The van der Waals surface area contributed by atoms with Gasteiger partial charge in [-0.25, -0.2) is 46.0 Å². The number of amides is 3. The van der Waals surface area contributed by atoms with E-state index in [0.717, 1.165) is 48.1 Å². The summed E-state index contributed by atoms with van der Waals surface area (Å²) in [5.41, 5.74) is 14.9. The molecule has 6 aromatic heterocycles. The highest BCUT2D eigenvalue weighted by molar-refractivity contribution is 7.90. The molecule has 7 aromatic rings. The second kappa shape index (κ2) is 36.9. The zero-order chi connectivity index (χ0) is 79.8. The van der Waals surface area contributed by atoms with E-state index in [-0.39, 0.29) is 72.2 Å². The van der Waals surface area contributed by atoms with Gasteiger partial charge in [-0.05, 0) is 185 Å². The van der Waals surface area contributed by atoms with Gasteiger partial charge >= 0.3 is 0 Å². The molecule has 7 N–H and O–H groups in total. The first-order valence-corrected chi connectivity index (χ1v) is 41.0. The number of sulfonamides is 3. The molecule has 3 aliphatic heterocycles. The summed E-state index contributed by atoms with van der Waals surface area (Å²) in [5.74, 6) is 0.832. The Kier molecular flexibility index (Phi) is 28.9. The number of nitrogens with two attached hydrogens (primary N) is 2. The van der Waals surface area contributed by atoms with Crippen molar-refractivity contribution in [2.75, 3.05) is 105 Å². The van der Waals surface area contributed by atoms with Crippen molar-refractivity contribution in [3.05, 3.63) is 137 Å². The number of rotatable bonds is 30. The molecule has 3 fully saturated rings. The standard InChI is InChI=1S/C31H40N4O4S.C24H35N5O6S.C22H31N5O5S/c1-20(2)13-14-39-27-9-8-10-28(33-27)40(37,38)34-30(36)25-11-12-26(24-16-21(3)15-22(4)17-24)32-29(25)35-19-23(5)18-31(35,6)7;1-5-33-11-12-34-13-14-35-20-9-8-18(22(27-20)29-16-17(2)15-24(29,3)4)23(30)28-36(31,32)19-7-6-10-26-21(19)25;1-5-31-11-12-32-18-9-8-16(20(25-18)27-14-15(2)13-22(27,3)4)21(28)26-33(29,30)17-7-6-10-24-19(17)23/h8-12,15-17,20,23H,13-14,18-19H2,1-7H3,(H,34,36);6-10,17H,5,11-16H2,1-4H3,(H2,25,26)(H,28,30);6-10,15H,5,11-14H2,1-4H3,(H2,23,24)(H,26,28)/t23-;17-;15-/m000/s1. The number of carbonyl (C=O) groups is 3. The molecule has 0 saturated carbocycles. The van der Waals surface area contributed by atoms with Gasteiger partial charge in [0.1, 0.15) is 52.1 Å². The Morgan fingerprint density at radius 3 is 1.28 bits per heavy atom. The van der Waals surface area contributed by atoms with Crippen LogP contribution in [0.15, 0.2) is 124 Å². The molecule has 3 atom stereocenters. The summed E-state index contributed by atoms with van der Waals surface area (Å²) in [6, 6.07) is 25.7. The van der Waals surface area contributed by atoms with E-state index in [9.17, 15) is 39.6 Å². The third-order valence-corrected chi connectivity index (χ3v) is 22.3. The van der Waals surface area contributed by atoms with Crippen LogP contribution in [0, 0.1) is 37.5 Å². The summed E-state index contributed by atoms with van der Waals surface area (Å²) in [5, 5.41) is -0.278. The van der Waals surface area contributed by atoms with Crippen molar-refractivity contribution in [3.63, 3.8) is 0 Å². The van der Waals surface area contributed by atoms with Gasteiger partial charge < -0.3 is 54.6 Å². The number of nitrogen functional groups attached to an aromatic ring is 2. The van der Waals surface area contributed by atoms with Gasteiger partial charge in [-0.2, -0.15) is 23.4 Å². The summed E-state index contributed by atoms with van der Waals surface area (Å²) >= 11 is 0. The lowest BCUT2D eigenvalue weighted by Gasteiger charge is -2.34. The second-order valence-electron chi connectivity index (χ2n) is 29.8. The lowest BCUT2D eigenvalue weighted by atomic mass is 9.97. The van der Waals surface area contributed by atoms with Crippen LogP contribution in [0.4, 0.5) is 29.1 Å². The van der Waals surface area contributed by atoms with E-state index in [2.05, 4.69) is 138 Å². The minimum absolute atomic E-state index is 0.114. The highest BCUT2D eigenvalue weighted by atomic mass is 32.2. The number of carbonyl (C=O) groups excluding carboxylic acids is 3. The Bertz CT molecular complexity index is 4660. The molecule has 3 saturated heterocycles. The van der Waals surface area contributed by atoms with Gasteiger partial charge in [0.05, 0.1) is 55.4 Å². The van der Waals surface area contributed by atoms with Gasteiger partial charge in [0.25, 0.3) is 47.8 Å². The van der Waals surface area contributed by atoms with Gasteiger partial charge in [0, 0.05) is 85.6 Å². The molecule has 0 radical (unpaired) electrons. The molecular formula is C77H106N14O15S3. The number of benzene rings is 1. The lowest BCUT2D eigenvalue weighted by Crippen LogP contribution is -2.41. The van der Waals surface area contributed by atoms with Crippen molar-refractivity contribution in [1.82, 2.24) is 44.1 Å². The fraction of sp³-hybridized carbons (Fsp3) is 0.494. The molecule has 0 spiro atoms. The van der Waals surface area contributed by atoms with Crippen molar-refractivity contribution in [3.8, 4) is 28.9 Å². The van der Waals surface area contributed by atoms with E-state index in [1.54, 1.807) is 30.3 Å². The van der Waals surface area contributed by atoms with Gasteiger partial charge in [-0.1, -0.05) is 57.9 Å². The fourth-order valence-corrected chi connectivity index (χ4v) is 16.7. The minimum Gasteiger partial charge on any atom is -0.478 e. The number of nitrogens with zero attached hydrogens (tertiary/aromatic N) is 9. The summed E-state index contributed by atoms with van der Waals surface area (Å²) in [7, 11) is -12.7. The largest absolute Gasteiger partial charge is 0.478 e. The van der Waals surface area contributed by atoms with E-state index < -0.39 is 47.8 Å². The van der Waals surface area contributed by atoms with Crippen molar-refractivity contribution in [2.24, 2.45) is 23.7 Å². The second-order valence-corrected chi connectivity index (χ2v) is 34.7. The van der Waals surface area contributed by atoms with Gasteiger partial charge in [0.15, 0.2) is 5.03 Å². The number of pyridine rings is 6. The summed E-state index contributed by atoms with van der Waals surface area (Å²) in [6.45, 7) is 36.9. The number of aryl methyl sites for hydroxylation is 2. The Balaban J connectivity index is 0.000000207. The van der Waals surface area contributed by atoms with Crippen molar-refractivity contribution < 1.29 is 68.1 Å². The molecule has 0 unspecified atom stereocenters. The van der Waals surface area contributed by atoms with Gasteiger partial charge in [-0.15, -0.1) is 0 Å². The molecule has 0 aliphatic carbocycles. The van der Waals surface area contributed by atoms with Crippen LogP contribution < -0.4 is 54.5 Å². The van der Waals surface area contributed by atoms with Crippen molar-refractivity contribution in [1.29, 1.82) is 0 Å². The quantitative estimate of drug-likeness (QED) is 0.0261. The number of aromatic nitrogens is 6. The maximum atomic E-state index is 13.6. The Hall–Kier alpha value is -9.34. The summed E-state index contributed by atoms with van der Waals surface area (Å²) in [6.07, 6.45) is 6.27. The van der Waals surface area contributed by atoms with Crippen LogP contribution in [0.5, 0.6) is 17.6 Å². The molecule has 32 heteroatoms. The number of ether oxygens (including phenoxy) is 6. The lowest BCUT2D eigenvalue weighted by molar-refractivity contribution is 0.0399. The van der Waals surface area contributed by atoms with Crippen molar-refractivity contribution >= 4 is 76.9 Å². The maximum absolute atomic E-state index is 13.6. The predicted molar refractivity (Wildman–Crippen MR) is 418 cm³/mol. The van der Waals surface area contributed by atoms with Crippen LogP contribution in [0.1, 0.15) is 158 Å². The molecule has 0 bridgehead atoms. The zero-order valence-electron chi connectivity index (χ0n) is 65.0. The predicted octanol–water partition coefficient (Wildman–Crippen LogP) is 10.4. The van der Waals surface area contributed by atoms with E-state index >= 15 is 0 Å². The average Bonchev–Trinajstić information content (AvgIpc) is 1.71. The zero-order valence-corrected chi connectivity index (χ0v) is 67.5. The molecule has 109 heavy (non-hydrogen) atoms. The molecule has 1 aromatic carbocycles. The molecule has 29 nitrogen and oxygen atoms in total. The molecular weight excluding hydrogens is 1460 g/mol. The van der Waals surface area contributed by atoms with Crippen LogP contribution in [0.25, 0.3) is 11.3 Å². The Morgan fingerprint density at radius 2 is 0.872 bits per heavy atom. The van der Waals surface area contributed by atoms with Crippen LogP contribution in [0.3, 0.4) is 0 Å². The number of hydrogen-bond donors (Lipinski definition) is 5. The van der Waals surface area contributed by atoms with Gasteiger partial charge in [0.2, 0.25) is 17.6 Å². The Labute approximate surface area is 641 Å². The first-order valence-electron chi connectivity index (χ1n) is 36.5. The average molecular weight is 1560 g/mol. The number of hydrogen-bond acceptors (Lipinski definition) is 26. The van der Waals surface area contributed by atoms with E-state index in [0.29, 0.717) is 125 Å². The van der Waals surface area contributed by atoms with E-state index in [1.807, 2.05) is 37.5 Å². The molecule has 3 aliphatic rings. The normalized spacial score (nSPS) is 17.2. The third kappa shape index (κ3) is 22.9. The van der Waals surface area contributed by atoms with E-state index in [4.69, 9.17) is 44.9 Å². The first kappa shape index (κ1) is 85.3. The number of anilines is 5.